The fourth-order valence-electron chi connectivity index (χ4n) is 2.56. The molecule has 0 N–H and O–H groups in total. The second-order valence-corrected chi connectivity index (χ2v) is 5.34. The van der Waals surface area contributed by atoms with E-state index in [0.29, 0.717) is 0 Å². The van der Waals surface area contributed by atoms with E-state index in [1.54, 1.807) is 0 Å². The smallest absolute Gasteiger partial charge is 0.0223 e. The number of nitrogens with zero attached hydrogens (tertiary/aromatic N) is 2. The van der Waals surface area contributed by atoms with E-state index in [1.807, 2.05) is 0 Å². The largest absolute Gasteiger partial charge is 0.305 e. The summed E-state index contributed by atoms with van der Waals surface area (Å²) in [6, 6.07) is 0.767. The summed E-state index contributed by atoms with van der Waals surface area (Å²) >= 11 is 5.70. The first-order chi connectivity index (χ1) is 7.77. The van der Waals surface area contributed by atoms with Crippen LogP contribution < -0.4 is 0 Å². The van der Waals surface area contributed by atoms with Crippen molar-refractivity contribution in [1.29, 1.82) is 0 Å². The van der Waals surface area contributed by atoms with Crippen LogP contribution in [0.4, 0.5) is 0 Å². The second-order valence-electron chi connectivity index (χ2n) is 4.96. The molecule has 0 aliphatic carbocycles. The minimum absolute atomic E-state index is 0.767. The van der Waals surface area contributed by atoms with Gasteiger partial charge in [0.1, 0.15) is 0 Å². The normalized spacial score (nSPS) is 24.6. The molecule has 16 heavy (non-hydrogen) atoms. The summed E-state index contributed by atoms with van der Waals surface area (Å²) < 4.78 is 0. The molecule has 0 spiro atoms. The molecule has 0 aromatic carbocycles. The van der Waals surface area contributed by atoms with E-state index in [9.17, 15) is 0 Å². The number of rotatable bonds is 6. The van der Waals surface area contributed by atoms with E-state index < -0.39 is 0 Å². The van der Waals surface area contributed by atoms with E-state index in [4.69, 9.17) is 11.6 Å². The second kappa shape index (κ2) is 8.32. The van der Waals surface area contributed by atoms with Gasteiger partial charge in [-0.05, 0) is 52.4 Å². The zero-order valence-corrected chi connectivity index (χ0v) is 11.7. The van der Waals surface area contributed by atoms with Gasteiger partial charge in [-0.1, -0.05) is 13.3 Å². The Labute approximate surface area is 106 Å². The minimum atomic E-state index is 0.767. The van der Waals surface area contributed by atoms with Crippen LogP contribution in [0.1, 0.15) is 39.0 Å². The molecule has 0 radical (unpaired) electrons. The summed E-state index contributed by atoms with van der Waals surface area (Å²) in [6.07, 6.45) is 6.37. The quantitative estimate of drug-likeness (QED) is 0.525. The molecular formula is C13H27ClN2. The van der Waals surface area contributed by atoms with E-state index >= 15 is 0 Å². The van der Waals surface area contributed by atoms with Crippen molar-refractivity contribution in [3.8, 4) is 0 Å². The van der Waals surface area contributed by atoms with Crippen molar-refractivity contribution >= 4 is 11.6 Å². The Kier molecular flexibility index (Phi) is 7.42. The molecule has 1 heterocycles. The molecule has 0 bridgehead atoms. The number of hydrogen-bond acceptors (Lipinski definition) is 2. The summed E-state index contributed by atoms with van der Waals surface area (Å²) in [4.78, 5) is 5.17. The fraction of sp³-hybridized carbons (Fsp3) is 1.00. The van der Waals surface area contributed by atoms with Gasteiger partial charge in [0.25, 0.3) is 0 Å². The summed E-state index contributed by atoms with van der Waals surface area (Å²) in [5.41, 5.74) is 0. The van der Waals surface area contributed by atoms with Gasteiger partial charge in [-0.25, -0.2) is 0 Å². The predicted molar refractivity (Wildman–Crippen MR) is 72.3 cm³/mol. The molecule has 1 fully saturated rings. The summed E-state index contributed by atoms with van der Waals surface area (Å²) in [5.74, 6) is 0.819. The fourth-order valence-corrected chi connectivity index (χ4v) is 2.75. The highest BCUT2D eigenvalue weighted by Gasteiger charge is 2.20. The molecule has 0 saturated carbocycles. The van der Waals surface area contributed by atoms with Crippen LogP contribution in [-0.2, 0) is 0 Å². The van der Waals surface area contributed by atoms with Gasteiger partial charge in [-0.15, -0.1) is 11.6 Å². The maximum absolute atomic E-state index is 5.70. The molecule has 0 aromatic heterocycles. The van der Waals surface area contributed by atoms with Crippen LogP contribution in [0.2, 0.25) is 0 Å². The maximum Gasteiger partial charge on any atom is 0.0223 e. The lowest BCUT2D eigenvalue weighted by Gasteiger charge is -2.30. The van der Waals surface area contributed by atoms with Crippen LogP contribution in [-0.4, -0.2) is 54.9 Å². The molecule has 0 aromatic rings. The lowest BCUT2D eigenvalue weighted by atomic mass is 10.1. The number of halogens is 1. The van der Waals surface area contributed by atoms with Crippen LogP contribution in [0.5, 0.6) is 0 Å². The molecule has 2 nitrogen and oxygen atoms in total. The summed E-state index contributed by atoms with van der Waals surface area (Å²) in [7, 11) is 2.25. The van der Waals surface area contributed by atoms with Gasteiger partial charge < -0.3 is 4.90 Å². The zero-order valence-electron chi connectivity index (χ0n) is 10.9. The third kappa shape index (κ3) is 5.03. The highest BCUT2D eigenvalue weighted by molar-refractivity contribution is 6.17. The van der Waals surface area contributed by atoms with Crippen molar-refractivity contribution < 1.29 is 0 Å². The van der Waals surface area contributed by atoms with E-state index in [-0.39, 0.29) is 0 Å². The number of hydrogen-bond donors (Lipinski definition) is 0. The SMILES string of the molecule is CCC1CN(C)CCCN1CCCCCCl. The summed E-state index contributed by atoms with van der Waals surface area (Å²) in [5, 5.41) is 0. The molecule has 3 heteroatoms. The van der Waals surface area contributed by atoms with Gasteiger partial charge in [0.05, 0.1) is 0 Å². The van der Waals surface area contributed by atoms with Crippen molar-refractivity contribution in [2.75, 3.05) is 39.1 Å². The first-order valence-corrected chi connectivity index (χ1v) is 7.30. The Bertz CT molecular complexity index is 175. The molecule has 1 atom stereocenters. The monoisotopic (exact) mass is 246 g/mol. The van der Waals surface area contributed by atoms with Crippen molar-refractivity contribution in [3.05, 3.63) is 0 Å². The van der Waals surface area contributed by atoms with Gasteiger partial charge in [0, 0.05) is 18.5 Å². The van der Waals surface area contributed by atoms with Crippen LogP contribution in [0.25, 0.3) is 0 Å². The van der Waals surface area contributed by atoms with Crippen LogP contribution in [0.15, 0.2) is 0 Å². The van der Waals surface area contributed by atoms with Gasteiger partial charge in [-0.3, -0.25) is 4.90 Å². The highest BCUT2D eigenvalue weighted by Crippen LogP contribution is 2.13. The maximum atomic E-state index is 5.70. The summed E-state index contributed by atoms with van der Waals surface area (Å²) in [6.45, 7) is 7.36. The van der Waals surface area contributed by atoms with Crippen LogP contribution in [0, 0.1) is 0 Å². The Hall–Kier alpha value is 0.210. The van der Waals surface area contributed by atoms with E-state index in [2.05, 4.69) is 23.8 Å². The minimum Gasteiger partial charge on any atom is -0.305 e. The number of unbranched alkanes of at least 4 members (excludes halogenated alkanes) is 2. The lowest BCUT2D eigenvalue weighted by molar-refractivity contribution is 0.180. The van der Waals surface area contributed by atoms with E-state index in [1.165, 1.54) is 58.3 Å². The molecule has 96 valence electrons. The molecule has 1 unspecified atom stereocenters. The van der Waals surface area contributed by atoms with Gasteiger partial charge >= 0.3 is 0 Å². The zero-order chi connectivity index (χ0) is 11.8. The Balaban J connectivity index is 2.30. The topological polar surface area (TPSA) is 6.48 Å². The van der Waals surface area contributed by atoms with Crippen molar-refractivity contribution in [2.45, 2.75) is 45.1 Å². The Morgan fingerprint density at radius 1 is 1.19 bits per heavy atom. The molecule has 1 rings (SSSR count). The average Bonchev–Trinajstić information content (AvgIpc) is 2.46. The third-order valence-electron chi connectivity index (χ3n) is 3.57. The molecular weight excluding hydrogens is 220 g/mol. The van der Waals surface area contributed by atoms with Crippen LogP contribution in [0.3, 0.4) is 0 Å². The van der Waals surface area contributed by atoms with Crippen LogP contribution >= 0.6 is 11.6 Å². The van der Waals surface area contributed by atoms with Gasteiger partial charge in [0.2, 0.25) is 0 Å². The average molecular weight is 247 g/mol. The lowest BCUT2D eigenvalue weighted by Crippen LogP contribution is -2.40. The van der Waals surface area contributed by atoms with Crippen molar-refractivity contribution in [3.63, 3.8) is 0 Å². The van der Waals surface area contributed by atoms with Gasteiger partial charge in [0.15, 0.2) is 0 Å². The standard InChI is InChI=1S/C13H27ClN2/c1-3-13-12-15(2)9-7-11-16(13)10-6-4-5-8-14/h13H,3-12H2,1-2H3. The Morgan fingerprint density at radius 2 is 2.00 bits per heavy atom. The predicted octanol–water partition coefficient (Wildman–Crippen LogP) is 2.81. The first-order valence-electron chi connectivity index (χ1n) is 6.76. The number of likely N-dealkylation sites (N-methyl/N-ethyl adjacent to an activating group) is 1. The molecule has 0 amide bonds. The van der Waals surface area contributed by atoms with Crippen molar-refractivity contribution in [2.24, 2.45) is 0 Å². The van der Waals surface area contributed by atoms with Gasteiger partial charge in [-0.2, -0.15) is 0 Å². The molecule has 1 aliphatic rings. The highest BCUT2D eigenvalue weighted by atomic mass is 35.5. The first kappa shape index (κ1) is 14.3. The number of alkyl halides is 1. The molecule has 1 aliphatic heterocycles. The van der Waals surface area contributed by atoms with Crippen molar-refractivity contribution in [1.82, 2.24) is 9.80 Å². The Morgan fingerprint density at radius 3 is 2.69 bits per heavy atom. The molecule has 1 saturated heterocycles. The van der Waals surface area contributed by atoms with E-state index in [0.717, 1.165) is 11.9 Å². The third-order valence-corrected chi connectivity index (χ3v) is 3.84.